The average Bonchev–Trinajstić information content (AvgIpc) is 2.89. The van der Waals surface area contributed by atoms with Gasteiger partial charge in [-0.25, -0.2) is 14.4 Å². The number of carbonyl (C=O) groups is 3. The highest BCUT2D eigenvalue weighted by molar-refractivity contribution is 5.90. The van der Waals surface area contributed by atoms with Crippen LogP contribution in [0.4, 0.5) is 0 Å². The summed E-state index contributed by atoms with van der Waals surface area (Å²) in [5.41, 5.74) is 1.42. The highest BCUT2D eigenvalue weighted by Crippen LogP contribution is 2.04. The molecule has 0 aliphatic heterocycles. The molecule has 0 saturated heterocycles. The second-order valence-electron chi connectivity index (χ2n) is 7.35. The van der Waals surface area contributed by atoms with Gasteiger partial charge in [-0.2, -0.15) is 0 Å². The van der Waals surface area contributed by atoms with E-state index in [2.05, 4.69) is 0 Å². The highest BCUT2D eigenvalue weighted by atomic mass is 16.5. The van der Waals surface area contributed by atoms with Gasteiger partial charge in [-0.1, -0.05) is 54.6 Å². The summed E-state index contributed by atoms with van der Waals surface area (Å²) < 4.78 is 16.1. The summed E-state index contributed by atoms with van der Waals surface area (Å²) in [6, 6.07) is 26.2. The van der Waals surface area contributed by atoms with Gasteiger partial charge in [-0.3, -0.25) is 4.90 Å². The van der Waals surface area contributed by atoms with Crippen molar-refractivity contribution in [2.24, 2.45) is 0 Å². The van der Waals surface area contributed by atoms with E-state index in [1.807, 2.05) is 23.1 Å². The van der Waals surface area contributed by atoms with Crippen LogP contribution in [-0.4, -0.2) is 62.3 Å². The molecule has 0 aliphatic carbocycles. The highest BCUT2D eigenvalue weighted by Gasteiger charge is 2.13. The molecule has 0 fully saturated rings. The third-order valence-corrected chi connectivity index (χ3v) is 4.95. The van der Waals surface area contributed by atoms with Gasteiger partial charge in [0.1, 0.15) is 19.8 Å². The molecule has 0 saturated carbocycles. The Hall–Kier alpha value is -3.97. The van der Waals surface area contributed by atoms with Crippen molar-refractivity contribution in [2.45, 2.75) is 0 Å². The maximum absolute atomic E-state index is 12.2. The standard InChI is InChI=1S/C27H27NO6/c29-25(22-10-4-1-5-11-22)32-19-16-28(17-20-33-26(30)23-12-6-2-7-13-23)18-21-34-27(31)24-14-8-3-9-15-24/h1-15H,16-21H2. The van der Waals surface area contributed by atoms with Gasteiger partial charge in [0.2, 0.25) is 0 Å². The number of nitrogens with zero attached hydrogens (tertiary/aromatic N) is 1. The topological polar surface area (TPSA) is 82.1 Å². The monoisotopic (exact) mass is 461 g/mol. The smallest absolute Gasteiger partial charge is 0.338 e. The van der Waals surface area contributed by atoms with Crippen LogP contribution in [0.5, 0.6) is 0 Å². The Bertz CT molecular complexity index is 904. The second kappa shape index (κ2) is 13.5. The van der Waals surface area contributed by atoms with Crippen molar-refractivity contribution in [3.63, 3.8) is 0 Å². The van der Waals surface area contributed by atoms with Crippen LogP contribution in [0.2, 0.25) is 0 Å². The van der Waals surface area contributed by atoms with E-state index in [0.29, 0.717) is 36.3 Å². The van der Waals surface area contributed by atoms with E-state index in [0.717, 1.165) is 0 Å². The van der Waals surface area contributed by atoms with Crippen LogP contribution >= 0.6 is 0 Å². The van der Waals surface area contributed by atoms with E-state index < -0.39 is 17.9 Å². The van der Waals surface area contributed by atoms with Crippen LogP contribution in [0.1, 0.15) is 31.1 Å². The average molecular weight is 462 g/mol. The number of esters is 3. The van der Waals surface area contributed by atoms with Gasteiger partial charge in [-0.15, -0.1) is 0 Å². The number of ether oxygens (including phenoxy) is 3. The lowest BCUT2D eigenvalue weighted by Gasteiger charge is -2.22. The molecular weight excluding hydrogens is 434 g/mol. The summed E-state index contributed by atoms with van der Waals surface area (Å²) >= 11 is 0. The maximum atomic E-state index is 12.2. The zero-order valence-electron chi connectivity index (χ0n) is 18.8. The predicted molar refractivity (Wildman–Crippen MR) is 127 cm³/mol. The number of benzene rings is 3. The minimum Gasteiger partial charge on any atom is -0.461 e. The van der Waals surface area contributed by atoms with Crippen molar-refractivity contribution in [3.05, 3.63) is 108 Å². The van der Waals surface area contributed by atoms with E-state index in [1.54, 1.807) is 72.8 Å². The third-order valence-electron chi connectivity index (χ3n) is 4.95. The predicted octanol–water partition coefficient (Wildman–Crippen LogP) is 3.86. The van der Waals surface area contributed by atoms with Crippen LogP contribution in [0.25, 0.3) is 0 Å². The van der Waals surface area contributed by atoms with Gasteiger partial charge >= 0.3 is 17.9 Å². The van der Waals surface area contributed by atoms with Gasteiger partial charge < -0.3 is 14.2 Å². The van der Waals surface area contributed by atoms with Crippen molar-refractivity contribution in [1.29, 1.82) is 0 Å². The quantitative estimate of drug-likeness (QED) is 0.299. The molecular formula is C27H27NO6. The van der Waals surface area contributed by atoms with Crippen molar-refractivity contribution in [2.75, 3.05) is 39.5 Å². The van der Waals surface area contributed by atoms with Gasteiger partial charge in [0.25, 0.3) is 0 Å². The van der Waals surface area contributed by atoms with E-state index >= 15 is 0 Å². The first kappa shape index (κ1) is 24.7. The molecule has 0 N–H and O–H groups in total. The molecule has 3 aromatic carbocycles. The number of hydrogen-bond acceptors (Lipinski definition) is 7. The molecule has 0 bridgehead atoms. The molecule has 0 spiro atoms. The number of hydrogen-bond donors (Lipinski definition) is 0. The summed E-state index contributed by atoms with van der Waals surface area (Å²) in [6.07, 6.45) is 0. The van der Waals surface area contributed by atoms with Crippen molar-refractivity contribution in [1.82, 2.24) is 4.90 Å². The zero-order chi connectivity index (χ0) is 24.0. The fourth-order valence-electron chi connectivity index (χ4n) is 3.11. The molecule has 0 unspecified atom stereocenters. The van der Waals surface area contributed by atoms with Gasteiger partial charge in [0.15, 0.2) is 0 Å². The first-order valence-corrected chi connectivity index (χ1v) is 11.0. The summed E-state index contributed by atoms with van der Waals surface area (Å²) in [7, 11) is 0. The largest absolute Gasteiger partial charge is 0.461 e. The second-order valence-corrected chi connectivity index (χ2v) is 7.35. The number of rotatable bonds is 12. The molecule has 176 valence electrons. The molecule has 0 aliphatic rings. The van der Waals surface area contributed by atoms with E-state index in [4.69, 9.17) is 14.2 Å². The van der Waals surface area contributed by atoms with Gasteiger partial charge in [0.05, 0.1) is 16.7 Å². The molecule has 0 atom stereocenters. The fraction of sp³-hybridized carbons (Fsp3) is 0.222. The lowest BCUT2D eigenvalue weighted by molar-refractivity contribution is 0.0331. The van der Waals surface area contributed by atoms with E-state index in [1.165, 1.54) is 0 Å². The lowest BCUT2D eigenvalue weighted by Crippen LogP contribution is -2.35. The molecule has 0 amide bonds. The Kier molecular flexibility index (Phi) is 9.83. The lowest BCUT2D eigenvalue weighted by atomic mass is 10.2. The van der Waals surface area contributed by atoms with Crippen molar-refractivity contribution < 1.29 is 28.6 Å². The van der Waals surface area contributed by atoms with Crippen LogP contribution < -0.4 is 0 Å². The van der Waals surface area contributed by atoms with Gasteiger partial charge in [0, 0.05) is 19.6 Å². The van der Waals surface area contributed by atoms with Crippen molar-refractivity contribution in [3.8, 4) is 0 Å². The molecule has 0 radical (unpaired) electrons. The molecule has 0 aromatic heterocycles. The Labute approximate surface area is 198 Å². The zero-order valence-corrected chi connectivity index (χ0v) is 18.8. The van der Waals surface area contributed by atoms with Crippen LogP contribution in [0.3, 0.4) is 0 Å². The summed E-state index contributed by atoms with van der Waals surface area (Å²) in [6.45, 7) is 1.62. The Morgan fingerprint density at radius 3 is 1.00 bits per heavy atom. The minimum atomic E-state index is -0.411. The molecule has 3 rings (SSSR count). The first-order valence-electron chi connectivity index (χ1n) is 11.0. The molecule has 7 nitrogen and oxygen atoms in total. The van der Waals surface area contributed by atoms with Crippen LogP contribution in [0, 0.1) is 0 Å². The first-order chi connectivity index (χ1) is 16.6. The van der Waals surface area contributed by atoms with E-state index in [-0.39, 0.29) is 19.8 Å². The normalized spacial score (nSPS) is 10.5. The SMILES string of the molecule is O=C(OCCN(CCOC(=O)c1ccccc1)CCOC(=O)c1ccccc1)c1ccccc1. The van der Waals surface area contributed by atoms with Crippen molar-refractivity contribution >= 4 is 17.9 Å². The molecule has 3 aromatic rings. The summed E-state index contributed by atoms with van der Waals surface area (Å²) in [5.74, 6) is -1.23. The summed E-state index contributed by atoms with van der Waals surface area (Å²) in [4.78, 5) is 38.4. The van der Waals surface area contributed by atoms with Crippen LogP contribution in [-0.2, 0) is 14.2 Å². The van der Waals surface area contributed by atoms with Gasteiger partial charge in [-0.05, 0) is 36.4 Å². The molecule has 7 heteroatoms. The Morgan fingerprint density at radius 2 is 0.735 bits per heavy atom. The van der Waals surface area contributed by atoms with Crippen LogP contribution in [0.15, 0.2) is 91.0 Å². The maximum Gasteiger partial charge on any atom is 0.338 e. The Morgan fingerprint density at radius 1 is 0.471 bits per heavy atom. The Balaban J connectivity index is 1.48. The molecule has 0 heterocycles. The third kappa shape index (κ3) is 8.18. The summed E-state index contributed by atoms with van der Waals surface area (Å²) in [5, 5.41) is 0. The minimum absolute atomic E-state index is 0.146. The number of carbonyl (C=O) groups excluding carboxylic acids is 3. The molecule has 34 heavy (non-hydrogen) atoms. The van der Waals surface area contributed by atoms with E-state index in [9.17, 15) is 14.4 Å². The fourth-order valence-corrected chi connectivity index (χ4v) is 3.11.